The lowest BCUT2D eigenvalue weighted by molar-refractivity contribution is 0.367. The van der Waals surface area contributed by atoms with E-state index in [4.69, 9.17) is 9.63 Å². The molecule has 3 aromatic rings. The topological polar surface area (TPSA) is 103 Å². The molecular weight excluding hydrogens is 326 g/mol. The third-order valence-corrected chi connectivity index (χ3v) is 3.31. The summed E-state index contributed by atoms with van der Waals surface area (Å²) in [5, 5.41) is 12.7. The lowest BCUT2D eigenvalue weighted by Gasteiger charge is -2.03. The normalized spacial score (nSPS) is 11.0. The van der Waals surface area contributed by atoms with Gasteiger partial charge in [0.1, 0.15) is 6.54 Å². The van der Waals surface area contributed by atoms with Gasteiger partial charge in [-0.1, -0.05) is 5.16 Å². The van der Waals surface area contributed by atoms with Crippen LogP contribution in [0.3, 0.4) is 0 Å². The number of phenolic OH excluding ortho intramolecular Hbond substituents is 1. The average molecular weight is 336 g/mol. The van der Waals surface area contributed by atoms with Crippen LogP contribution in [0.1, 0.15) is 5.89 Å². The fourth-order valence-electron chi connectivity index (χ4n) is 2.01. The molecule has 0 fully saturated rings. The van der Waals surface area contributed by atoms with Crippen molar-refractivity contribution in [2.24, 2.45) is 7.05 Å². The zero-order valence-electron chi connectivity index (χ0n) is 12.2. The molecule has 0 saturated heterocycles. The van der Waals surface area contributed by atoms with Crippen molar-refractivity contribution in [1.82, 2.24) is 19.3 Å². The summed E-state index contributed by atoms with van der Waals surface area (Å²) in [6.07, 6.45) is 1.27. The minimum absolute atomic E-state index is 0.000333. The van der Waals surface area contributed by atoms with Gasteiger partial charge in [-0.05, 0) is 12.1 Å². The van der Waals surface area contributed by atoms with Crippen molar-refractivity contribution < 1.29 is 18.4 Å². The van der Waals surface area contributed by atoms with Crippen LogP contribution in [-0.4, -0.2) is 24.4 Å². The summed E-state index contributed by atoms with van der Waals surface area (Å²) in [6, 6.07) is 2.90. The first-order valence-corrected chi connectivity index (χ1v) is 6.64. The van der Waals surface area contributed by atoms with Crippen molar-refractivity contribution in [3.8, 4) is 17.1 Å². The monoisotopic (exact) mass is 336 g/mol. The van der Waals surface area contributed by atoms with E-state index in [0.29, 0.717) is 0 Å². The molecular formula is C14H10F2N4O4. The number of hydrogen-bond acceptors (Lipinski definition) is 6. The molecule has 0 aliphatic rings. The molecule has 3 rings (SSSR count). The van der Waals surface area contributed by atoms with E-state index in [2.05, 4.69) is 10.1 Å². The quantitative estimate of drug-likeness (QED) is 0.752. The van der Waals surface area contributed by atoms with E-state index >= 15 is 0 Å². The number of halogens is 2. The van der Waals surface area contributed by atoms with Crippen LogP contribution in [0.25, 0.3) is 11.4 Å². The fraction of sp³-hybridized carbons (Fsp3) is 0.143. The second-order valence-electron chi connectivity index (χ2n) is 4.92. The standard InChI is InChI=1S/C14H10F2N4O4/c1-19-11(21)2-3-20(14(19)23)6-10-17-13(18-24-10)7-4-8(15)12(22)9(16)5-7/h2-5,22H,6H2,1H3. The molecule has 0 spiro atoms. The van der Waals surface area contributed by atoms with Gasteiger partial charge in [0.25, 0.3) is 5.56 Å². The van der Waals surface area contributed by atoms with Crippen molar-refractivity contribution in [2.45, 2.75) is 6.54 Å². The Morgan fingerprint density at radius 2 is 1.92 bits per heavy atom. The predicted molar refractivity (Wildman–Crippen MR) is 76.4 cm³/mol. The molecule has 0 unspecified atom stereocenters. The van der Waals surface area contributed by atoms with Crippen molar-refractivity contribution in [2.75, 3.05) is 0 Å². The highest BCUT2D eigenvalue weighted by Crippen LogP contribution is 2.26. The number of rotatable bonds is 3. The molecule has 1 aromatic carbocycles. The maximum atomic E-state index is 13.4. The van der Waals surface area contributed by atoms with E-state index in [0.717, 1.165) is 21.3 Å². The smallest absolute Gasteiger partial charge is 0.331 e. The predicted octanol–water partition coefficient (Wildman–Crippen LogP) is 0.629. The Kier molecular flexibility index (Phi) is 3.72. The largest absolute Gasteiger partial charge is 0.503 e. The summed E-state index contributed by atoms with van der Waals surface area (Å²) in [5.41, 5.74) is -1.08. The molecule has 0 aliphatic heterocycles. The van der Waals surface area contributed by atoms with Gasteiger partial charge in [0, 0.05) is 24.9 Å². The Labute approximate surface area is 132 Å². The number of nitrogens with zero attached hydrogens (tertiary/aromatic N) is 4. The highest BCUT2D eigenvalue weighted by atomic mass is 19.1. The summed E-state index contributed by atoms with van der Waals surface area (Å²) < 4.78 is 33.7. The van der Waals surface area contributed by atoms with Crippen molar-refractivity contribution in [3.63, 3.8) is 0 Å². The Balaban J connectivity index is 1.93. The molecule has 2 heterocycles. The van der Waals surface area contributed by atoms with Crippen LogP contribution < -0.4 is 11.2 Å². The Morgan fingerprint density at radius 3 is 2.58 bits per heavy atom. The van der Waals surface area contributed by atoms with Crippen LogP contribution in [0.15, 0.2) is 38.5 Å². The van der Waals surface area contributed by atoms with Crippen LogP contribution >= 0.6 is 0 Å². The molecule has 124 valence electrons. The van der Waals surface area contributed by atoms with Gasteiger partial charge < -0.3 is 9.63 Å². The molecule has 10 heteroatoms. The summed E-state index contributed by atoms with van der Waals surface area (Å²) in [6.45, 7) is -0.122. The fourth-order valence-corrected chi connectivity index (χ4v) is 2.01. The number of hydrogen-bond donors (Lipinski definition) is 1. The molecule has 0 aliphatic carbocycles. The molecule has 0 radical (unpaired) electrons. The number of aromatic nitrogens is 4. The highest BCUT2D eigenvalue weighted by Gasteiger charge is 2.15. The third kappa shape index (κ3) is 2.69. The van der Waals surface area contributed by atoms with Gasteiger partial charge in [-0.15, -0.1) is 0 Å². The lowest BCUT2D eigenvalue weighted by Crippen LogP contribution is -2.37. The van der Waals surface area contributed by atoms with Gasteiger partial charge >= 0.3 is 5.69 Å². The first-order chi connectivity index (χ1) is 11.4. The number of phenols is 1. The van der Waals surface area contributed by atoms with Gasteiger partial charge in [0.15, 0.2) is 17.4 Å². The zero-order valence-corrected chi connectivity index (χ0v) is 12.2. The van der Waals surface area contributed by atoms with E-state index in [1.807, 2.05) is 0 Å². The second-order valence-corrected chi connectivity index (χ2v) is 4.92. The van der Waals surface area contributed by atoms with Crippen molar-refractivity contribution in [1.29, 1.82) is 0 Å². The molecule has 0 atom stereocenters. The summed E-state index contributed by atoms with van der Waals surface area (Å²) in [5.74, 6) is -3.53. The van der Waals surface area contributed by atoms with Crippen LogP contribution in [0.2, 0.25) is 0 Å². The summed E-state index contributed by atoms with van der Waals surface area (Å²) in [4.78, 5) is 27.2. The minimum atomic E-state index is -1.16. The van der Waals surface area contributed by atoms with Gasteiger partial charge in [-0.2, -0.15) is 4.98 Å². The molecule has 8 nitrogen and oxygen atoms in total. The Bertz CT molecular complexity index is 1010. The number of aromatic hydroxyl groups is 1. The van der Waals surface area contributed by atoms with E-state index in [1.54, 1.807) is 0 Å². The molecule has 24 heavy (non-hydrogen) atoms. The van der Waals surface area contributed by atoms with Gasteiger partial charge in [0.05, 0.1) is 0 Å². The van der Waals surface area contributed by atoms with Crippen LogP contribution in [0, 0.1) is 11.6 Å². The maximum Gasteiger partial charge on any atom is 0.331 e. The van der Waals surface area contributed by atoms with Crippen molar-refractivity contribution in [3.05, 3.63) is 62.8 Å². The van der Waals surface area contributed by atoms with Gasteiger partial charge in [0.2, 0.25) is 11.7 Å². The highest BCUT2D eigenvalue weighted by molar-refractivity contribution is 5.56. The first-order valence-electron chi connectivity index (χ1n) is 6.64. The molecule has 0 bridgehead atoms. The molecule has 1 N–H and O–H groups in total. The van der Waals surface area contributed by atoms with Crippen LogP contribution in [0.5, 0.6) is 5.75 Å². The number of benzene rings is 1. The molecule has 2 aromatic heterocycles. The van der Waals surface area contributed by atoms with E-state index in [9.17, 15) is 18.4 Å². The third-order valence-electron chi connectivity index (χ3n) is 3.31. The van der Waals surface area contributed by atoms with Crippen LogP contribution in [0.4, 0.5) is 8.78 Å². The SMILES string of the molecule is Cn1c(=O)ccn(Cc2nc(-c3cc(F)c(O)c(F)c3)no2)c1=O. The van der Waals surface area contributed by atoms with Crippen LogP contribution in [-0.2, 0) is 13.6 Å². The average Bonchev–Trinajstić information content (AvgIpc) is 3.01. The van der Waals surface area contributed by atoms with Crippen molar-refractivity contribution >= 4 is 0 Å². The van der Waals surface area contributed by atoms with Gasteiger partial charge in [-0.25, -0.2) is 13.6 Å². The summed E-state index contributed by atoms with van der Waals surface area (Å²) >= 11 is 0. The second kappa shape index (κ2) is 5.72. The Hall–Kier alpha value is -3.30. The lowest BCUT2D eigenvalue weighted by atomic mass is 10.2. The van der Waals surface area contributed by atoms with E-state index in [-0.39, 0.29) is 23.8 Å². The molecule has 0 amide bonds. The van der Waals surface area contributed by atoms with Gasteiger partial charge in [-0.3, -0.25) is 13.9 Å². The zero-order chi connectivity index (χ0) is 17.4. The minimum Gasteiger partial charge on any atom is -0.503 e. The van der Waals surface area contributed by atoms with E-state index < -0.39 is 28.6 Å². The first kappa shape index (κ1) is 15.6. The Morgan fingerprint density at radius 1 is 1.25 bits per heavy atom. The van der Waals surface area contributed by atoms with E-state index in [1.165, 1.54) is 19.3 Å². The summed E-state index contributed by atoms with van der Waals surface area (Å²) in [7, 11) is 1.32. The maximum absolute atomic E-state index is 13.4. The molecule has 0 saturated carbocycles.